The first-order valence-corrected chi connectivity index (χ1v) is 11.2. The Balaban J connectivity index is 1.73. The van der Waals surface area contributed by atoms with Crippen molar-refractivity contribution < 1.29 is 29.0 Å². The van der Waals surface area contributed by atoms with E-state index in [-0.39, 0.29) is 6.42 Å². The van der Waals surface area contributed by atoms with Crippen molar-refractivity contribution in [3.63, 3.8) is 0 Å². The molecule has 0 bridgehead atoms. The number of carbonyl (C=O) groups is 3. The maximum atomic E-state index is 13.1. The normalized spacial score (nSPS) is 13.1. The molecule has 1 aliphatic rings. The van der Waals surface area contributed by atoms with Crippen molar-refractivity contribution in [1.29, 1.82) is 0 Å². The van der Waals surface area contributed by atoms with E-state index >= 15 is 0 Å². The fourth-order valence-electron chi connectivity index (χ4n) is 4.63. The number of hydrogen-bond donors (Lipinski definition) is 1. The van der Waals surface area contributed by atoms with Crippen LogP contribution in [0.25, 0.3) is 21.5 Å². The van der Waals surface area contributed by atoms with Crippen molar-refractivity contribution >= 4 is 44.9 Å². The first-order chi connectivity index (χ1) is 16.0. The molecule has 0 spiro atoms. The fourth-order valence-corrected chi connectivity index (χ4v) is 4.63. The predicted octanol–water partition coefficient (Wildman–Crippen LogP) is 4.96. The molecule has 1 N–H and O–H groups in total. The number of fused-ring (bicyclic) bond motifs is 2. The minimum Gasteiger partial charge on any atom is -0.493 e. The largest absolute Gasteiger partial charge is 0.493 e. The third kappa shape index (κ3) is 4.11. The maximum Gasteiger partial charge on any atom is 0.303 e. The molecule has 172 valence electrons. The van der Waals surface area contributed by atoms with E-state index in [1.165, 1.54) is 7.11 Å². The molecule has 0 aliphatic carbocycles. The van der Waals surface area contributed by atoms with Gasteiger partial charge in [0, 0.05) is 29.3 Å². The number of carboxylic acid groups (broad SMARTS) is 1. The van der Waals surface area contributed by atoms with Crippen molar-refractivity contribution in [3.8, 4) is 11.5 Å². The van der Waals surface area contributed by atoms with Crippen molar-refractivity contribution in [2.75, 3.05) is 25.7 Å². The highest BCUT2D eigenvalue weighted by Gasteiger charge is 2.35. The Morgan fingerprint density at radius 1 is 0.939 bits per heavy atom. The molecule has 3 aromatic carbocycles. The summed E-state index contributed by atoms with van der Waals surface area (Å²) in [4.78, 5) is 38.4. The lowest BCUT2D eigenvalue weighted by Crippen LogP contribution is -2.40. The van der Waals surface area contributed by atoms with E-state index in [0.29, 0.717) is 41.1 Å². The number of ether oxygens (including phenoxy) is 2. The van der Waals surface area contributed by atoms with Gasteiger partial charge in [0.1, 0.15) is 0 Å². The summed E-state index contributed by atoms with van der Waals surface area (Å²) in [6, 6.07) is 11.4. The van der Waals surface area contributed by atoms with Gasteiger partial charge in [-0.25, -0.2) is 0 Å². The van der Waals surface area contributed by atoms with Crippen LogP contribution in [0.4, 0.5) is 5.69 Å². The van der Waals surface area contributed by atoms with Gasteiger partial charge in [-0.2, -0.15) is 0 Å². The summed E-state index contributed by atoms with van der Waals surface area (Å²) in [5.41, 5.74) is 1.04. The van der Waals surface area contributed by atoms with Crippen molar-refractivity contribution in [2.24, 2.45) is 0 Å². The number of benzene rings is 3. The number of amides is 1. The number of rotatable bonds is 10. The lowest BCUT2D eigenvalue weighted by molar-refractivity contribution is -0.137. The zero-order valence-electron chi connectivity index (χ0n) is 18.8. The standard InChI is InChI=1S/C26H27NO6/c1-32-20-15-18-22-19(14-16-10-7-8-11-17(16)23(22)25(20)33-2)27(26(31)24(18)30)13-9-5-3-4-6-12-21(28)29/h7-8,10-11,14-15H,3-6,9,12-13H2,1-2H3,(H,28,29). The second-order valence-electron chi connectivity index (χ2n) is 8.22. The Morgan fingerprint density at radius 2 is 1.67 bits per heavy atom. The van der Waals surface area contributed by atoms with Crippen LogP contribution in [0.1, 0.15) is 48.9 Å². The molecule has 0 unspecified atom stereocenters. The van der Waals surface area contributed by atoms with Crippen molar-refractivity contribution in [2.45, 2.75) is 38.5 Å². The van der Waals surface area contributed by atoms with E-state index in [1.54, 1.807) is 18.1 Å². The Bertz CT molecular complexity index is 1250. The summed E-state index contributed by atoms with van der Waals surface area (Å²) in [6.07, 6.45) is 4.13. The summed E-state index contributed by atoms with van der Waals surface area (Å²) in [6.45, 7) is 0.421. The van der Waals surface area contributed by atoms with Crippen LogP contribution in [0.3, 0.4) is 0 Å². The van der Waals surface area contributed by atoms with E-state index in [2.05, 4.69) is 0 Å². The minimum absolute atomic E-state index is 0.177. The Hall–Kier alpha value is -3.61. The van der Waals surface area contributed by atoms with Crippen LogP contribution in [0, 0.1) is 0 Å². The summed E-state index contributed by atoms with van der Waals surface area (Å²) in [5, 5.41) is 12.1. The molecular formula is C26H27NO6. The molecule has 7 nitrogen and oxygen atoms in total. The zero-order chi connectivity index (χ0) is 23.5. The zero-order valence-corrected chi connectivity index (χ0v) is 18.8. The molecule has 0 saturated carbocycles. The molecule has 3 aromatic rings. The van der Waals surface area contributed by atoms with Crippen LogP contribution >= 0.6 is 0 Å². The van der Waals surface area contributed by atoms with Crippen molar-refractivity contribution in [1.82, 2.24) is 0 Å². The molecule has 1 amide bonds. The van der Waals surface area contributed by atoms with Gasteiger partial charge in [0.2, 0.25) is 0 Å². The number of nitrogens with zero attached hydrogens (tertiary/aromatic N) is 1. The average Bonchev–Trinajstić information content (AvgIpc) is 2.82. The SMILES string of the molecule is COc1cc2c3c(cc4ccccc4c3c1OC)N(CCCCCCCC(=O)O)C(=O)C2=O. The number of Topliss-reactive ketones (excluding diaryl/α,β-unsaturated/α-hetero) is 1. The number of hydrogen-bond acceptors (Lipinski definition) is 5. The molecule has 0 atom stereocenters. The van der Waals surface area contributed by atoms with Gasteiger partial charge in [-0.1, -0.05) is 43.5 Å². The van der Waals surface area contributed by atoms with E-state index in [1.807, 2.05) is 30.3 Å². The highest BCUT2D eigenvalue weighted by molar-refractivity contribution is 6.53. The first-order valence-electron chi connectivity index (χ1n) is 11.2. The van der Waals surface area contributed by atoms with Gasteiger partial charge in [-0.15, -0.1) is 0 Å². The number of carbonyl (C=O) groups excluding carboxylic acids is 2. The fraction of sp³-hybridized carbons (Fsp3) is 0.346. The van der Waals surface area contributed by atoms with E-state index < -0.39 is 17.7 Å². The topological polar surface area (TPSA) is 93.1 Å². The van der Waals surface area contributed by atoms with E-state index in [4.69, 9.17) is 14.6 Å². The molecule has 4 rings (SSSR count). The molecule has 1 heterocycles. The number of ketones is 1. The smallest absolute Gasteiger partial charge is 0.303 e. The molecule has 7 heteroatoms. The van der Waals surface area contributed by atoms with E-state index in [9.17, 15) is 14.4 Å². The highest BCUT2D eigenvalue weighted by atomic mass is 16.5. The number of carboxylic acids is 1. The molecular weight excluding hydrogens is 422 g/mol. The lowest BCUT2D eigenvalue weighted by Gasteiger charge is -2.30. The number of unbranched alkanes of at least 4 members (excludes halogenated alkanes) is 4. The predicted molar refractivity (Wildman–Crippen MR) is 127 cm³/mol. The molecule has 0 radical (unpaired) electrons. The first kappa shape index (κ1) is 22.6. The number of anilines is 1. The Morgan fingerprint density at radius 3 is 2.39 bits per heavy atom. The van der Waals surface area contributed by atoms with Crippen LogP contribution in [0.15, 0.2) is 36.4 Å². The molecule has 33 heavy (non-hydrogen) atoms. The van der Waals surface area contributed by atoms with Crippen LogP contribution in [0.5, 0.6) is 11.5 Å². The molecule has 0 fully saturated rings. The molecule has 1 aliphatic heterocycles. The van der Waals surface area contributed by atoms with Gasteiger partial charge in [0.05, 0.1) is 19.9 Å². The monoisotopic (exact) mass is 449 g/mol. The summed E-state index contributed by atoms with van der Waals surface area (Å²) >= 11 is 0. The maximum absolute atomic E-state index is 13.1. The summed E-state index contributed by atoms with van der Waals surface area (Å²) in [5.74, 6) is -0.922. The van der Waals surface area contributed by atoms with Crippen LogP contribution < -0.4 is 14.4 Å². The molecule has 0 saturated heterocycles. The Labute approximate surface area is 191 Å². The average molecular weight is 450 g/mol. The van der Waals surface area contributed by atoms with Crippen LogP contribution in [-0.4, -0.2) is 43.5 Å². The van der Waals surface area contributed by atoms with Crippen LogP contribution in [0.2, 0.25) is 0 Å². The van der Waals surface area contributed by atoms with Gasteiger partial charge in [0.25, 0.3) is 11.7 Å². The third-order valence-electron chi connectivity index (χ3n) is 6.20. The second kappa shape index (κ2) is 9.48. The van der Waals surface area contributed by atoms with Gasteiger partial charge in [-0.3, -0.25) is 14.4 Å². The van der Waals surface area contributed by atoms with Crippen molar-refractivity contribution in [3.05, 3.63) is 42.0 Å². The number of methoxy groups -OCH3 is 2. The van der Waals surface area contributed by atoms with Gasteiger partial charge < -0.3 is 19.5 Å². The minimum atomic E-state index is -0.779. The number of aliphatic carboxylic acids is 1. The third-order valence-corrected chi connectivity index (χ3v) is 6.20. The summed E-state index contributed by atoms with van der Waals surface area (Å²) in [7, 11) is 3.08. The van der Waals surface area contributed by atoms with Gasteiger partial charge >= 0.3 is 5.97 Å². The second-order valence-corrected chi connectivity index (χ2v) is 8.22. The quantitative estimate of drug-likeness (QED) is 0.267. The lowest BCUT2D eigenvalue weighted by atomic mass is 9.90. The van der Waals surface area contributed by atoms with E-state index in [0.717, 1.165) is 41.8 Å². The highest BCUT2D eigenvalue weighted by Crippen LogP contribution is 2.47. The molecule has 0 aromatic heterocycles. The van der Waals surface area contributed by atoms with Crippen LogP contribution in [-0.2, 0) is 9.59 Å². The summed E-state index contributed by atoms with van der Waals surface area (Å²) < 4.78 is 11.2. The van der Waals surface area contributed by atoms with Gasteiger partial charge in [0.15, 0.2) is 11.5 Å². The Kier molecular flexibility index (Phi) is 6.49. The van der Waals surface area contributed by atoms with Gasteiger partial charge in [-0.05, 0) is 35.7 Å².